The molecule has 10 nitrogen and oxygen atoms in total. The van der Waals surface area contributed by atoms with Gasteiger partial charge in [0.1, 0.15) is 0 Å². The van der Waals surface area contributed by atoms with E-state index in [4.69, 9.17) is 10.4 Å². The predicted molar refractivity (Wildman–Crippen MR) is 179 cm³/mol. The van der Waals surface area contributed by atoms with Crippen molar-refractivity contribution in [2.75, 3.05) is 25.6 Å². The molecule has 0 fully saturated rings. The minimum atomic E-state index is -4.28. The number of pyridine rings is 4. The van der Waals surface area contributed by atoms with Crippen LogP contribution in [0, 0.1) is 0 Å². The lowest BCUT2D eigenvalue weighted by molar-refractivity contribution is -0.125. The van der Waals surface area contributed by atoms with Gasteiger partial charge in [0.25, 0.3) is 0 Å². The first-order valence-corrected chi connectivity index (χ1v) is 15.8. The monoisotopic (exact) mass is 677 g/mol. The number of carbonyl (C=O) groups is 1. The molecule has 4 heterocycles. The molecule has 1 amide bonds. The number of nitrogens with zero attached hydrogens (tertiary/aromatic N) is 7. The largest absolute Gasteiger partial charge is 0.411 e. The molecule has 6 rings (SSSR count). The average Bonchev–Trinajstić information content (AvgIpc) is 3.06. The van der Waals surface area contributed by atoms with Crippen LogP contribution in [0.3, 0.4) is 0 Å². The fourth-order valence-electron chi connectivity index (χ4n) is 4.55. The van der Waals surface area contributed by atoms with Crippen molar-refractivity contribution in [3.8, 4) is 0 Å². The molecule has 0 bridgehead atoms. The Balaban J connectivity index is 0.000000185. The second-order valence-corrected chi connectivity index (χ2v) is 12.2. The topological polar surface area (TPSA) is 137 Å². The summed E-state index contributed by atoms with van der Waals surface area (Å²) in [4.78, 5) is 32.3. The van der Waals surface area contributed by atoms with Crippen molar-refractivity contribution < 1.29 is 28.4 Å². The fraction of sp³-hybridized carbons (Fsp3) is 0.156. The zero-order valence-corrected chi connectivity index (χ0v) is 26.5. The van der Waals surface area contributed by atoms with Crippen molar-refractivity contribution in [1.29, 1.82) is 0 Å². The van der Waals surface area contributed by atoms with Crippen LogP contribution in [0.2, 0.25) is 0 Å². The van der Waals surface area contributed by atoms with Gasteiger partial charge in [-0.2, -0.15) is 13.2 Å². The molecule has 0 aliphatic rings. The Morgan fingerprint density at radius 3 is 1.72 bits per heavy atom. The molecule has 0 atom stereocenters. The Labute approximate surface area is 274 Å². The van der Waals surface area contributed by atoms with Gasteiger partial charge in [0.05, 0.1) is 57.4 Å². The maximum Gasteiger partial charge on any atom is 0.398 e. The highest BCUT2D eigenvalue weighted by Gasteiger charge is 2.28. The Hall–Kier alpha value is -5.02. The number of fused-ring (bicyclic) bond motifs is 6. The first-order valence-electron chi connectivity index (χ1n) is 13.8. The molecule has 0 aliphatic carbocycles. The van der Waals surface area contributed by atoms with Crippen LogP contribution >= 0.6 is 23.5 Å². The van der Waals surface area contributed by atoms with Crippen LogP contribution in [0.15, 0.2) is 93.2 Å². The van der Waals surface area contributed by atoms with Gasteiger partial charge < -0.3 is 15.3 Å². The van der Waals surface area contributed by atoms with E-state index in [2.05, 4.69) is 30.2 Å². The zero-order chi connectivity index (χ0) is 33.6. The summed E-state index contributed by atoms with van der Waals surface area (Å²) in [6.07, 6.45) is 1.40. The molecule has 0 saturated heterocycles. The molecule has 2 aromatic carbocycles. The van der Waals surface area contributed by atoms with Gasteiger partial charge in [-0.3, -0.25) is 14.8 Å². The molecule has 2 N–H and O–H groups in total. The summed E-state index contributed by atoms with van der Waals surface area (Å²) in [5.41, 5.74) is 3.36. The minimum absolute atomic E-state index is 0.0289. The quantitative estimate of drug-likeness (QED) is 0.0601. The van der Waals surface area contributed by atoms with Gasteiger partial charge >= 0.3 is 6.18 Å². The van der Waals surface area contributed by atoms with E-state index in [-0.39, 0.29) is 11.6 Å². The summed E-state index contributed by atoms with van der Waals surface area (Å²) in [6, 6.07) is 18.2. The van der Waals surface area contributed by atoms with E-state index in [0.29, 0.717) is 44.5 Å². The number of rotatable bonds is 7. The first-order chi connectivity index (χ1) is 22.6. The van der Waals surface area contributed by atoms with E-state index in [9.17, 15) is 18.0 Å². The molecule has 240 valence electrons. The molecule has 0 unspecified atom stereocenters. The van der Waals surface area contributed by atoms with Gasteiger partial charge in [-0.25, -0.2) is 9.97 Å². The van der Waals surface area contributed by atoms with Gasteiger partial charge in [0.2, 0.25) is 5.91 Å². The molecule has 0 radical (unpaired) electrons. The summed E-state index contributed by atoms with van der Waals surface area (Å²) in [6.45, 7) is 0. The van der Waals surface area contributed by atoms with Gasteiger partial charge in [-0.15, -0.1) is 23.5 Å². The highest BCUT2D eigenvalue weighted by Crippen LogP contribution is 2.35. The third-order valence-electron chi connectivity index (χ3n) is 6.69. The molecular formula is C32H26F3N7O3S2. The van der Waals surface area contributed by atoms with Crippen LogP contribution in [0.5, 0.6) is 0 Å². The highest BCUT2D eigenvalue weighted by molar-refractivity contribution is 8.00. The lowest BCUT2D eigenvalue weighted by Crippen LogP contribution is -2.23. The summed E-state index contributed by atoms with van der Waals surface area (Å²) in [5, 5.41) is 26.8. The smallest absolute Gasteiger partial charge is 0.398 e. The van der Waals surface area contributed by atoms with Crippen LogP contribution in [0.4, 0.5) is 13.2 Å². The van der Waals surface area contributed by atoms with E-state index in [1.54, 1.807) is 49.6 Å². The number of carbonyl (C=O) groups excluding carboxylic acids is 1. The first kappa shape index (κ1) is 33.3. The molecule has 0 aliphatic heterocycles. The predicted octanol–water partition coefficient (Wildman–Crippen LogP) is 7.02. The fourth-order valence-corrected chi connectivity index (χ4v) is 6.45. The molecule has 6 aromatic rings. The molecule has 0 saturated carbocycles. The Morgan fingerprint density at radius 1 is 0.787 bits per heavy atom. The van der Waals surface area contributed by atoms with Gasteiger partial charge in [-0.1, -0.05) is 46.7 Å². The zero-order valence-electron chi connectivity index (χ0n) is 24.9. The third kappa shape index (κ3) is 8.04. The Morgan fingerprint density at radius 2 is 1.28 bits per heavy atom. The van der Waals surface area contributed by atoms with E-state index >= 15 is 0 Å². The van der Waals surface area contributed by atoms with Crippen LogP contribution in [0.1, 0.15) is 11.4 Å². The maximum atomic E-state index is 12.5. The van der Waals surface area contributed by atoms with Gasteiger partial charge in [0, 0.05) is 57.8 Å². The number of benzene rings is 2. The highest BCUT2D eigenvalue weighted by atomic mass is 32.2. The minimum Gasteiger partial charge on any atom is -0.411 e. The molecule has 15 heteroatoms. The summed E-state index contributed by atoms with van der Waals surface area (Å²) < 4.78 is 37.6. The second-order valence-electron chi connectivity index (χ2n) is 10.1. The van der Waals surface area contributed by atoms with Crippen molar-refractivity contribution in [3.05, 3.63) is 84.4 Å². The van der Waals surface area contributed by atoms with Crippen LogP contribution in [-0.2, 0) is 4.79 Å². The van der Waals surface area contributed by atoms with E-state index in [1.165, 1.54) is 24.0 Å². The Kier molecular flexibility index (Phi) is 10.4. The van der Waals surface area contributed by atoms with E-state index in [1.807, 2.05) is 36.4 Å². The van der Waals surface area contributed by atoms with Crippen molar-refractivity contribution in [2.24, 2.45) is 10.3 Å². The number of oxime groups is 2. The summed E-state index contributed by atoms with van der Waals surface area (Å²) in [7, 11) is 3.46. The number of thioether (sulfide) groups is 2. The van der Waals surface area contributed by atoms with E-state index in [0.717, 1.165) is 38.3 Å². The van der Waals surface area contributed by atoms with Crippen molar-refractivity contribution in [3.63, 3.8) is 0 Å². The second kappa shape index (κ2) is 14.6. The molecular weight excluding hydrogens is 652 g/mol. The van der Waals surface area contributed by atoms with Crippen molar-refractivity contribution >= 4 is 85.5 Å². The lowest BCUT2D eigenvalue weighted by atomic mass is 10.1. The standard InChI is InChI=1S/C17H16N4O2S.C15H10F3N3OS/c1-21(2)15(22)10-24-14-8-12(9-19-23)20-17-13(14)6-5-11-4-3-7-18-16(11)17;16-15(17,18)8-23-12-6-10(7-20-22)21-14-11(12)4-3-9-2-1-5-19-13(9)14/h3-9,23H,10H2,1-2H3;1-7,22H,8H2. The number of halogens is 3. The van der Waals surface area contributed by atoms with Crippen LogP contribution < -0.4 is 0 Å². The Bertz CT molecular complexity index is 2140. The number of hydrogen-bond acceptors (Lipinski definition) is 11. The molecule has 4 aromatic heterocycles. The van der Waals surface area contributed by atoms with Crippen LogP contribution in [0.25, 0.3) is 43.6 Å². The third-order valence-corrected chi connectivity index (χ3v) is 8.85. The molecule has 0 spiro atoms. The summed E-state index contributed by atoms with van der Waals surface area (Å²) in [5.74, 6) is -0.661. The lowest BCUT2D eigenvalue weighted by Gasteiger charge is -2.12. The van der Waals surface area contributed by atoms with Crippen molar-refractivity contribution in [2.45, 2.75) is 16.0 Å². The SMILES string of the molecule is CN(C)C(=O)CSc1cc(C=NO)nc2c1ccc1cccnc12.ON=Cc1cc(SCC(F)(F)F)c2ccc3cccnc3c2n1. The average molecular weight is 678 g/mol. The van der Waals surface area contributed by atoms with Crippen LogP contribution in [-0.4, -0.2) is 85.4 Å². The normalized spacial score (nSPS) is 11.9. The van der Waals surface area contributed by atoms with Crippen molar-refractivity contribution in [1.82, 2.24) is 24.8 Å². The number of amides is 1. The number of aromatic nitrogens is 4. The maximum absolute atomic E-state index is 12.5. The number of hydrogen-bond donors (Lipinski definition) is 2. The van der Waals surface area contributed by atoms with Gasteiger partial charge in [-0.05, 0) is 24.3 Å². The van der Waals surface area contributed by atoms with Gasteiger partial charge in [0.15, 0.2) is 0 Å². The number of alkyl halides is 3. The summed E-state index contributed by atoms with van der Waals surface area (Å²) >= 11 is 2.10. The molecule has 47 heavy (non-hydrogen) atoms. The van der Waals surface area contributed by atoms with E-state index < -0.39 is 11.9 Å².